The molecule has 0 amide bonds. The van der Waals surface area contributed by atoms with Crippen LogP contribution in [0.1, 0.15) is 24.8 Å². The SMILES string of the molecule is CC1CC(c2ccccc2)CN1C. The second-order valence-electron chi connectivity index (χ2n) is 4.13. The predicted octanol–water partition coefficient (Wildman–Crippen LogP) is 2.49. The standard InChI is InChI=1S/C12H17N/c1-10-8-12(9-13(10)2)11-6-4-3-5-7-11/h3-7,10,12H,8-9H2,1-2H3. The second-order valence-corrected chi connectivity index (χ2v) is 4.13. The molecular weight excluding hydrogens is 158 g/mol. The summed E-state index contributed by atoms with van der Waals surface area (Å²) in [4.78, 5) is 2.44. The van der Waals surface area contributed by atoms with Gasteiger partial charge in [0.25, 0.3) is 0 Å². The van der Waals surface area contributed by atoms with E-state index in [1.165, 1.54) is 18.5 Å². The molecule has 70 valence electrons. The molecule has 1 fully saturated rings. The molecule has 2 unspecified atom stereocenters. The minimum Gasteiger partial charge on any atom is -0.303 e. The zero-order valence-corrected chi connectivity index (χ0v) is 8.40. The normalized spacial score (nSPS) is 29.4. The zero-order valence-electron chi connectivity index (χ0n) is 8.40. The molecule has 0 aliphatic carbocycles. The Hall–Kier alpha value is -0.820. The maximum atomic E-state index is 2.44. The van der Waals surface area contributed by atoms with Gasteiger partial charge in [-0.15, -0.1) is 0 Å². The van der Waals surface area contributed by atoms with E-state index in [0.29, 0.717) is 0 Å². The molecule has 0 spiro atoms. The minimum atomic E-state index is 0.741. The summed E-state index contributed by atoms with van der Waals surface area (Å²) in [5.74, 6) is 0.751. The molecule has 1 aromatic rings. The molecule has 0 N–H and O–H groups in total. The van der Waals surface area contributed by atoms with Crippen molar-refractivity contribution in [1.82, 2.24) is 4.90 Å². The Balaban J connectivity index is 2.12. The van der Waals surface area contributed by atoms with Crippen LogP contribution in [0.2, 0.25) is 0 Å². The van der Waals surface area contributed by atoms with E-state index in [9.17, 15) is 0 Å². The summed E-state index contributed by atoms with van der Waals surface area (Å²) in [7, 11) is 2.22. The van der Waals surface area contributed by atoms with Gasteiger partial charge in [0.05, 0.1) is 0 Å². The molecule has 13 heavy (non-hydrogen) atoms. The molecule has 1 heteroatoms. The first-order valence-corrected chi connectivity index (χ1v) is 5.02. The van der Waals surface area contributed by atoms with Gasteiger partial charge in [-0.05, 0) is 31.9 Å². The van der Waals surface area contributed by atoms with Crippen LogP contribution in [0.3, 0.4) is 0 Å². The van der Waals surface area contributed by atoms with Crippen LogP contribution < -0.4 is 0 Å². The van der Waals surface area contributed by atoms with E-state index in [2.05, 4.69) is 49.2 Å². The van der Waals surface area contributed by atoms with E-state index in [0.717, 1.165) is 12.0 Å². The highest BCUT2D eigenvalue weighted by molar-refractivity contribution is 5.21. The fourth-order valence-corrected chi connectivity index (χ4v) is 2.16. The Morgan fingerprint density at radius 2 is 1.92 bits per heavy atom. The monoisotopic (exact) mass is 175 g/mol. The third kappa shape index (κ3) is 1.75. The quantitative estimate of drug-likeness (QED) is 0.634. The minimum absolute atomic E-state index is 0.741. The lowest BCUT2D eigenvalue weighted by molar-refractivity contribution is 0.329. The number of nitrogens with zero attached hydrogens (tertiary/aromatic N) is 1. The van der Waals surface area contributed by atoms with E-state index < -0.39 is 0 Å². The molecule has 0 saturated carbocycles. The Labute approximate surface area is 80.4 Å². The Morgan fingerprint density at radius 1 is 1.23 bits per heavy atom. The zero-order chi connectivity index (χ0) is 9.26. The van der Waals surface area contributed by atoms with E-state index in [-0.39, 0.29) is 0 Å². The summed E-state index contributed by atoms with van der Waals surface area (Å²) < 4.78 is 0. The van der Waals surface area contributed by atoms with Crippen LogP contribution >= 0.6 is 0 Å². The largest absolute Gasteiger partial charge is 0.303 e. The lowest BCUT2D eigenvalue weighted by Crippen LogP contribution is -2.21. The van der Waals surface area contributed by atoms with Crippen molar-refractivity contribution >= 4 is 0 Å². The molecule has 1 heterocycles. The number of hydrogen-bond donors (Lipinski definition) is 0. The fourth-order valence-electron chi connectivity index (χ4n) is 2.16. The molecule has 2 atom stereocenters. The fraction of sp³-hybridized carbons (Fsp3) is 0.500. The summed E-state index contributed by atoms with van der Waals surface area (Å²) in [6, 6.07) is 11.6. The first-order valence-electron chi connectivity index (χ1n) is 5.02. The third-order valence-electron chi connectivity index (χ3n) is 3.16. The summed E-state index contributed by atoms with van der Waals surface area (Å²) in [5, 5.41) is 0. The van der Waals surface area contributed by atoms with Gasteiger partial charge < -0.3 is 4.90 Å². The first kappa shape index (κ1) is 8.76. The topological polar surface area (TPSA) is 3.24 Å². The van der Waals surface area contributed by atoms with Crippen LogP contribution in [0.4, 0.5) is 0 Å². The summed E-state index contributed by atoms with van der Waals surface area (Å²) >= 11 is 0. The van der Waals surface area contributed by atoms with E-state index in [4.69, 9.17) is 0 Å². The summed E-state index contributed by atoms with van der Waals surface area (Å²) in [6.07, 6.45) is 1.31. The molecule has 0 aromatic heterocycles. The van der Waals surface area contributed by atoms with E-state index in [1.54, 1.807) is 0 Å². The van der Waals surface area contributed by atoms with Gasteiger partial charge in [0, 0.05) is 12.6 Å². The van der Waals surface area contributed by atoms with Crippen molar-refractivity contribution in [2.45, 2.75) is 25.3 Å². The average molecular weight is 175 g/mol. The number of likely N-dealkylation sites (N-methyl/N-ethyl adjacent to an activating group) is 1. The van der Waals surface area contributed by atoms with Crippen LogP contribution in [-0.4, -0.2) is 24.5 Å². The molecule has 0 bridgehead atoms. The summed E-state index contributed by atoms with van der Waals surface area (Å²) in [6.45, 7) is 3.52. The first-order chi connectivity index (χ1) is 6.27. The molecule has 1 aliphatic rings. The molecular formula is C12H17N. The number of benzene rings is 1. The van der Waals surface area contributed by atoms with Gasteiger partial charge in [-0.3, -0.25) is 0 Å². The molecule has 1 saturated heterocycles. The molecule has 1 nitrogen and oxygen atoms in total. The van der Waals surface area contributed by atoms with Crippen molar-refractivity contribution < 1.29 is 0 Å². The Morgan fingerprint density at radius 3 is 2.46 bits per heavy atom. The van der Waals surface area contributed by atoms with Crippen LogP contribution in [0.15, 0.2) is 30.3 Å². The van der Waals surface area contributed by atoms with Crippen LogP contribution in [-0.2, 0) is 0 Å². The predicted molar refractivity (Wildman–Crippen MR) is 55.9 cm³/mol. The van der Waals surface area contributed by atoms with Gasteiger partial charge >= 0.3 is 0 Å². The van der Waals surface area contributed by atoms with Crippen LogP contribution in [0, 0.1) is 0 Å². The maximum Gasteiger partial charge on any atom is 0.00704 e. The highest BCUT2D eigenvalue weighted by atomic mass is 15.1. The van der Waals surface area contributed by atoms with Crippen molar-refractivity contribution in [2.75, 3.05) is 13.6 Å². The van der Waals surface area contributed by atoms with Gasteiger partial charge in [-0.2, -0.15) is 0 Å². The number of rotatable bonds is 1. The molecule has 1 aromatic carbocycles. The number of hydrogen-bond acceptors (Lipinski definition) is 1. The average Bonchev–Trinajstić information content (AvgIpc) is 2.49. The smallest absolute Gasteiger partial charge is 0.00704 e. The lowest BCUT2D eigenvalue weighted by atomic mass is 9.97. The molecule has 1 aliphatic heterocycles. The molecule has 2 rings (SSSR count). The van der Waals surface area contributed by atoms with Gasteiger partial charge in [-0.25, -0.2) is 0 Å². The van der Waals surface area contributed by atoms with E-state index in [1.807, 2.05) is 0 Å². The third-order valence-corrected chi connectivity index (χ3v) is 3.16. The van der Waals surface area contributed by atoms with Crippen molar-refractivity contribution in [3.05, 3.63) is 35.9 Å². The highest BCUT2D eigenvalue weighted by Crippen LogP contribution is 2.29. The summed E-state index contributed by atoms with van der Waals surface area (Å²) in [5.41, 5.74) is 1.50. The van der Waals surface area contributed by atoms with Crippen molar-refractivity contribution in [3.8, 4) is 0 Å². The highest BCUT2D eigenvalue weighted by Gasteiger charge is 2.26. The number of likely N-dealkylation sites (tertiary alicyclic amines) is 1. The van der Waals surface area contributed by atoms with Crippen LogP contribution in [0.5, 0.6) is 0 Å². The lowest BCUT2D eigenvalue weighted by Gasteiger charge is -2.12. The van der Waals surface area contributed by atoms with Crippen molar-refractivity contribution in [1.29, 1.82) is 0 Å². The second kappa shape index (κ2) is 3.51. The van der Waals surface area contributed by atoms with Crippen LogP contribution in [0.25, 0.3) is 0 Å². The van der Waals surface area contributed by atoms with Gasteiger partial charge in [0.1, 0.15) is 0 Å². The van der Waals surface area contributed by atoms with Crippen molar-refractivity contribution in [3.63, 3.8) is 0 Å². The maximum absolute atomic E-state index is 2.44. The van der Waals surface area contributed by atoms with Gasteiger partial charge in [-0.1, -0.05) is 30.3 Å². The van der Waals surface area contributed by atoms with Crippen molar-refractivity contribution in [2.24, 2.45) is 0 Å². The van der Waals surface area contributed by atoms with Gasteiger partial charge in [0.2, 0.25) is 0 Å². The Bertz CT molecular complexity index is 258. The molecule has 0 radical (unpaired) electrons. The van der Waals surface area contributed by atoms with Gasteiger partial charge in [0.15, 0.2) is 0 Å². The van der Waals surface area contributed by atoms with E-state index >= 15 is 0 Å². The Kier molecular flexibility index (Phi) is 2.36.